The number of anilines is 1. The Morgan fingerprint density at radius 3 is 3.09 bits per heavy atom. The predicted molar refractivity (Wildman–Crippen MR) is 80.3 cm³/mol. The maximum absolute atomic E-state index is 13.8. The van der Waals surface area contributed by atoms with Gasteiger partial charge in [0.05, 0.1) is 19.1 Å². The van der Waals surface area contributed by atoms with E-state index in [0.717, 1.165) is 24.2 Å². The van der Waals surface area contributed by atoms with Gasteiger partial charge in [-0.1, -0.05) is 0 Å². The van der Waals surface area contributed by atoms with Crippen LogP contribution < -0.4 is 5.32 Å². The number of fused-ring (bicyclic) bond motifs is 1. The molecule has 4 rings (SSSR count). The zero-order chi connectivity index (χ0) is 15.8. The fourth-order valence-electron chi connectivity index (χ4n) is 2.76. The molecule has 1 atom stereocenters. The van der Waals surface area contributed by atoms with E-state index < -0.39 is 6.08 Å². The van der Waals surface area contributed by atoms with Crippen LogP contribution in [0.5, 0.6) is 0 Å². The fraction of sp³-hybridized carbons (Fsp3) is 0.400. The van der Waals surface area contributed by atoms with Gasteiger partial charge in [0.15, 0.2) is 17.0 Å². The molecule has 1 fully saturated rings. The Labute approximate surface area is 131 Å². The van der Waals surface area contributed by atoms with E-state index >= 15 is 0 Å². The van der Waals surface area contributed by atoms with Gasteiger partial charge in [-0.05, 0) is 31.4 Å². The van der Waals surface area contributed by atoms with E-state index in [4.69, 9.17) is 9.15 Å². The van der Waals surface area contributed by atoms with E-state index in [2.05, 4.69) is 20.3 Å². The first-order chi connectivity index (χ1) is 11.2. The predicted octanol–water partition coefficient (Wildman–Crippen LogP) is 2.79. The highest BCUT2D eigenvalue weighted by molar-refractivity contribution is 5.82. The van der Waals surface area contributed by atoms with Gasteiger partial charge in [-0.25, -0.2) is 4.98 Å². The summed E-state index contributed by atoms with van der Waals surface area (Å²) >= 11 is 0. The second kappa shape index (κ2) is 5.62. The molecule has 1 aliphatic heterocycles. The molecule has 1 N–H and O–H groups in total. The standard InChI is InChI=1S/C15H16FN5O2/c1-9-5-10(23-7-9)6-17-13-12-14(20-15(16)19-13)21(8-18-12)11-3-2-4-22-11/h5,7-8,11H,2-4,6H2,1H3,(H,17,19,20). The number of imidazole rings is 1. The summed E-state index contributed by atoms with van der Waals surface area (Å²) in [5.41, 5.74) is 1.98. The Balaban J connectivity index is 1.66. The van der Waals surface area contributed by atoms with Crippen LogP contribution >= 0.6 is 0 Å². The minimum atomic E-state index is -0.796. The third-order valence-electron chi connectivity index (χ3n) is 3.82. The van der Waals surface area contributed by atoms with Gasteiger partial charge >= 0.3 is 6.08 Å². The number of furan rings is 1. The lowest BCUT2D eigenvalue weighted by Crippen LogP contribution is -2.09. The van der Waals surface area contributed by atoms with Crippen molar-refractivity contribution in [2.45, 2.75) is 32.5 Å². The lowest BCUT2D eigenvalue weighted by atomic mass is 10.3. The SMILES string of the molecule is Cc1coc(CNc2nc(F)nc3c2ncn3C2CCCO2)c1. The third kappa shape index (κ3) is 2.65. The third-order valence-corrected chi connectivity index (χ3v) is 3.82. The zero-order valence-corrected chi connectivity index (χ0v) is 12.6. The van der Waals surface area contributed by atoms with E-state index in [0.29, 0.717) is 30.1 Å². The van der Waals surface area contributed by atoms with Crippen LogP contribution in [0.4, 0.5) is 10.2 Å². The van der Waals surface area contributed by atoms with Crippen molar-refractivity contribution in [3.63, 3.8) is 0 Å². The summed E-state index contributed by atoms with van der Waals surface area (Å²) in [6, 6.07) is 1.91. The van der Waals surface area contributed by atoms with Gasteiger partial charge in [-0.2, -0.15) is 14.4 Å². The Bertz CT molecular complexity index is 838. The molecule has 0 saturated carbocycles. The molecule has 0 bridgehead atoms. The molecule has 23 heavy (non-hydrogen) atoms. The summed E-state index contributed by atoms with van der Waals surface area (Å²) < 4.78 is 26.6. The summed E-state index contributed by atoms with van der Waals surface area (Å²) in [4.78, 5) is 12.0. The molecular formula is C15H16FN5O2. The number of nitrogens with one attached hydrogen (secondary N) is 1. The number of nitrogens with zero attached hydrogens (tertiary/aromatic N) is 4. The van der Waals surface area contributed by atoms with Crippen molar-refractivity contribution in [1.82, 2.24) is 19.5 Å². The second-order valence-electron chi connectivity index (χ2n) is 5.58. The topological polar surface area (TPSA) is 78.0 Å². The van der Waals surface area contributed by atoms with Crippen LogP contribution in [0.2, 0.25) is 0 Å². The molecule has 0 amide bonds. The minimum absolute atomic E-state index is 0.144. The van der Waals surface area contributed by atoms with Crippen LogP contribution in [-0.2, 0) is 11.3 Å². The van der Waals surface area contributed by atoms with Crippen molar-refractivity contribution in [2.75, 3.05) is 11.9 Å². The fourth-order valence-corrected chi connectivity index (χ4v) is 2.76. The van der Waals surface area contributed by atoms with Crippen LogP contribution in [0.15, 0.2) is 23.1 Å². The molecule has 7 nitrogen and oxygen atoms in total. The van der Waals surface area contributed by atoms with E-state index in [9.17, 15) is 4.39 Å². The summed E-state index contributed by atoms with van der Waals surface area (Å²) in [6.07, 6.45) is 4.19. The van der Waals surface area contributed by atoms with Gasteiger partial charge < -0.3 is 14.5 Å². The lowest BCUT2D eigenvalue weighted by Gasteiger charge is -2.11. The van der Waals surface area contributed by atoms with E-state index in [-0.39, 0.29) is 6.23 Å². The van der Waals surface area contributed by atoms with Gasteiger partial charge in [0.2, 0.25) is 0 Å². The molecule has 3 aromatic heterocycles. The monoisotopic (exact) mass is 317 g/mol. The van der Waals surface area contributed by atoms with Crippen LogP contribution in [0.3, 0.4) is 0 Å². The highest BCUT2D eigenvalue weighted by Crippen LogP contribution is 2.28. The average molecular weight is 317 g/mol. The highest BCUT2D eigenvalue weighted by Gasteiger charge is 2.22. The van der Waals surface area contributed by atoms with Crippen molar-refractivity contribution in [1.29, 1.82) is 0 Å². The van der Waals surface area contributed by atoms with Crippen LogP contribution in [0.25, 0.3) is 11.2 Å². The van der Waals surface area contributed by atoms with E-state index in [1.165, 1.54) is 0 Å². The number of rotatable bonds is 4. The molecule has 1 aliphatic rings. The van der Waals surface area contributed by atoms with Crippen molar-refractivity contribution in [3.05, 3.63) is 36.1 Å². The lowest BCUT2D eigenvalue weighted by molar-refractivity contribution is 0.0592. The first-order valence-corrected chi connectivity index (χ1v) is 7.50. The number of aromatic nitrogens is 4. The molecule has 4 heterocycles. The Morgan fingerprint density at radius 1 is 1.43 bits per heavy atom. The van der Waals surface area contributed by atoms with Crippen molar-refractivity contribution in [3.8, 4) is 0 Å². The largest absolute Gasteiger partial charge is 0.467 e. The van der Waals surface area contributed by atoms with E-state index in [1.54, 1.807) is 17.2 Å². The van der Waals surface area contributed by atoms with Crippen LogP contribution in [0.1, 0.15) is 30.4 Å². The van der Waals surface area contributed by atoms with E-state index in [1.807, 2.05) is 13.0 Å². The van der Waals surface area contributed by atoms with Gasteiger partial charge in [-0.15, -0.1) is 0 Å². The molecule has 1 unspecified atom stereocenters. The molecule has 1 saturated heterocycles. The summed E-state index contributed by atoms with van der Waals surface area (Å²) in [7, 11) is 0. The molecular weight excluding hydrogens is 301 g/mol. The molecule has 8 heteroatoms. The van der Waals surface area contributed by atoms with Gasteiger partial charge in [-0.3, -0.25) is 4.57 Å². The smallest absolute Gasteiger partial charge is 0.312 e. The maximum Gasteiger partial charge on any atom is 0.312 e. The number of halogens is 1. The van der Waals surface area contributed by atoms with Crippen molar-refractivity contribution in [2.24, 2.45) is 0 Å². The number of aryl methyl sites for hydroxylation is 1. The van der Waals surface area contributed by atoms with Gasteiger partial charge in [0.25, 0.3) is 0 Å². The number of ether oxygens (including phenoxy) is 1. The second-order valence-corrected chi connectivity index (χ2v) is 5.58. The average Bonchev–Trinajstić information content (AvgIpc) is 3.24. The van der Waals surface area contributed by atoms with Gasteiger partial charge in [0.1, 0.15) is 12.0 Å². The normalized spacial score (nSPS) is 17.9. The molecule has 0 aromatic carbocycles. The molecule has 0 aliphatic carbocycles. The van der Waals surface area contributed by atoms with Crippen LogP contribution in [-0.4, -0.2) is 26.1 Å². The molecule has 0 spiro atoms. The quantitative estimate of drug-likeness (QED) is 0.746. The highest BCUT2D eigenvalue weighted by atomic mass is 19.1. The van der Waals surface area contributed by atoms with Crippen LogP contribution in [0, 0.1) is 13.0 Å². The molecule has 3 aromatic rings. The zero-order valence-electron chi connectivity index (χ0n) is 12.6. The molecule has 120 valence electrons. The Kier molecular flexibility index (Phi) is 3.45. The number of hydrogen-bond donors (Lipinski definition) is 1. The summed E-state index contributed by atoms with van der Waals surface area (Å²) in [5.74, 6) is 1.09. The van der Waals surface area contributed by atoms with Gasteiger partial charge in [0, 0.05) is 6.61 Å². The maximum atomic E-state index is 13.8. The Morgan fingerprint density at radius 2 is 2.35 bits per heavy atom. The number of hydrogen-bond acceptors (Lipinski definition) is 6. The molecule has 0 radical (unpaired) electrons. The van der Waals surface area contributed by atoms with Crippen molar-refractivity contribution >= 4 is 17.0 Å². The summed E-state index contributed by atoms with van der Waals surface area (Å²) in [5, 5.41) is 3.06. The summed E-state index contributed by atoms with van der Waals surface area (Å²) in [6.45, 7) is 3.03. The van der Waals surface area contributed by atoms with Crippen molar-refractivity contribution < 1.29 is 13.5 Å². The Hall–Kier alpha value is -2.48. The minimum Gasteiger partial charge on any atom is -0.467 e. The first kappa shape index (κ1) is 14.1. The first-order valence-electron chi connectivity index (χ1n) is 7.50.